The third kappa shape index (κ3) is 2.80. The van der Waals surface area contributed by atoms with Gasteiger partial charge in [-0.3, -0.25) is 4.79 Å². The van der Waals surface area contributed by atoms with Gasteiger partial charge in [-0.25, -0.2) is 0 Å². The molecule has 0 unspecified atom stereocenters. The van der Waals surface area contributed by atoms with Crippen LogP contribution in [0.1, 0.15) is 27.2 Å². The van der Waals surface area contributed by atoms with Crippen LogP contribution in [-0.4, -0.2) is 5.78 Å². The number of hydrogen-bond donors (Lipinski definition) is 0. The van der Waals surface area contributed by atoms with Crippen LogP contribution in [0.2, 0.25) is 0 Å². The van der Waals surface area contributed by atoms with Gasteiger partial charge >= 0.3 is 0 Å². The van der Waals surface area contributed by atoms with E-state index in [0.717, 1.165) is 16.9 Å². The van der Waals surface area contributed by atoms with Crippen molar-refractivity contribution in [3.05, 3.63) is 57.8 Å². The molecule has 0 aliphatic carbocycles. The van der Waals surface area contributed by atoms with Crippen LogP contribution in [0.4, 0.5) is 0 Å². The first-order valence-corrected chi connectivity index (χ1v) is 6.23. The van der Waals surface area contributed by atoms with Crippen molar-refractivity contribution in [2.24, 2.45) is 0 Å². The van der Waals surface area contributed by atoms with Gasteiger partial charge in [0.2, 0.25) is 5.78 Å². The van der Waals surface area contributed by atoms with Crippen molar-refractivity contribution in [1.82, 2.24) is 0 Å². The predicted octanol–water partition coefficient (Wildman–Crippen LogP) is 3.44. The van der Waals surface area contributed by atoms with Crippen LogP contribution in [0.15, 0.2) is 41.8 Å². The molecule has 1 heterocycles. The molecular weight excluding hydrogens is 230 g/mol. The molecule has 1 aromatic heterocycles. The van der Waals surface area contributed by atoms with E-state index in [9.17, 15) is 4.79 Å². The van der Waals surface area contributed by atoms with Gasteiger partial charge in [-0.2, -0.15) is 5.26 Å². The van der Waals surface area contributed by atoms with E-state index in [2.05, 4.69) is 6.07 Å². The lowest BCUT2D eigenvalue weighted by molar-refractivity contribution is 0.104. The highest BCUT2D eigenvalue weighted by molar-refractivity contribution is 7.12. The number of nitrogens with zero attached hydrogens (tertiary/aromatic N) is 1. The molecule has 0 bridgehead atoms. The maximum Gasteiger partial charge on any atom is 0.202 e. The van der Waals surface area contributed by atoms with Gasteiger partial charge in [0.05, 0.1) is 10.9 Å². The molecule has 0 aliphatic rings. The minimum Gasteiger partial charge on any atom is -0.288 e. The molecule has 1 aromatic carbocycles. The monoisotopic (exact) mass is 241 g/mol. The van der Waals surface area contributed by atoms with E-state index >= 15 is 0 Å². The van der Waals surface area contributed by atoms with Gasteiger partial charge in [0.15, 0.2) is 0 Å². The Balaban J connectivity index is 2.13. The fraction of sp³-hybridized carbons (Fsp3) is 0.143. The maximum absolute atomic E-state index is 12.0. The van der Waals surface area contributed by atoms with Crippen molar-refractivity contribution in [2.45, 2.75) is 12.8 Å². The summed E-state index contributed by atoms with van der Waals surface area (Å²) in [5.41, 5.74) is 1.79. The molecule has 2 rings (SSSR count). The molecule has 0 spiro atoms. The molecule has 0 radical (unpaired) electrons. The number of aryl methyl sites for hydroxylation is 1. The first-order chi connectivity index (χ1) is 8.31. The topological polar surface area (TPSA) is 40.9 Å². The standard InChI is InChI=1S/C14H11NOS/c15-9-1-3-11-5-7-12(8-6-11)14(16)13-4-2-10-17-13/h2,4-8,10H,1,3H2. The van der Waals surface area contributed by atoms with E-state index in [1.54, 1.807) is 0 Å². The Hall–Kier alpha value is -1.92. The van der Waals surface area contributed by atoms with E-state index in [4.69, 9.17) is 5.26 Å². The molecule has 0 aliphatic heterocycles. The summed E-state index contributed by atoms with van der Waals surface area (Å²) in [6.07, 6.45) is 1.25. The third-order valence-corrected chi connectivity index (χ3v) is 3.36. The summed E-state index contributed by atoms with van der Waals surface area (Å²) in [7, 11) is 0. The number of nitriles is 1. The minimum absolute atomic E-state index is 0.0619. The summed E-state index contributed by atoms with van der Waals surface area (Å²) in [6.45, 7) is 0. The summed E-state index contributed by atoms with van der Waals surface area (Å²) < 4.78 is 0. The molecule has 3 heteroatoms. The Bertz CT molecular complexity index is 535. The average molecular weight is 241 g/mol. The average Bonchev–Trinajstić information content (AvgIpc) is 2.90. The highest BCUT2D eigenvalue weighted by atomic mass is 32.1. The molecule has 0 N–H and O–H groups in total. The van der Waals surface area contributed by atoms with Gasteiger partial charge in [-0.15, -0.1) is 11.3 Å². The summed E-state index contributed by atoms with van der Waals surface area (Å²) in [5, 5.41) is 10.4. The van der Waals surface area contributed by atoms with E-state index in [1.165, 1.54) is 11.3 Å². The van der Waals surface area contributed by atoms with Crippen LogP contribution in [0.5, 0.6) is 0 Å². The molecule has 17 heavy (non-hydrogen) atoms. The highest BCUT2D eigenvalue weighted by Crippen LogP contribution is 2.16. The normalized spacial score (nSPS) is 9.82. The number of thiophene rings is 1. The summed E-state index contributed by atoms with van der Waals surface area (Å²) in [4.78, 5) is 12.7. The molecule has 84 valence electrons. The van der Waals surface area contributed by atoms with E-state index < -0.39 is 0 Å². The van der Waals surface area contributed by atoms with Crippen LogP contribution in [0.25, 0.3) is 0 Å². The number of rotatable bonds is 4. The van der Waals surface area contributed by atoms with Crippen LogP contribution in [0, 0.1) is 11.3 Å². The Morgan fingerprint density at radius 2 is 2.00 bits per heavy atom. The van der Waals surface area contributed by atoms with Crippen molar-refractivity contribution < 1.29 is 4.79 Å². The van der Waals surface area contributed by atoms with Crippen LogP contribution in [-0.2, 0) is 6.42 Å². The van der Waals surface area contributed by atoms with Crippen LogP contribution in [0.3, 0.4) is 0 Å². The number of carbonyl (C=O) groups is 1. The SMILES string of the molecule is N#CCCc1ccc(C(=O)c2cccs2)cc1. The highest BCUT2D eigenvalue weighted by Gasteiger charge is 2.09. The van der Waals surface area contributed by atoms with Crippen molar-refractivity contribution in [3.63, 3.8) is 0 Å². The fourth-order valence-electron chi connectivity index (χ4n) is 1.57. The Morgan fingerprint density at radius 1 is 1.24 bits per heavy atom. The van der Waals surface area contributed by atoms with Gasteiger partial charge in [0.1, 0.15) is 0 Å². The quantitative estimate of drug-likeness (QED) is 0.769. The molecule has 0 fully saturated rings. The van der Waals surface area contributed by atoms with E-state index in [1.807, 2.05) is 41.8 Å². The summed E-state index contributed by atoms with van der Waals surface area (Å²) in [5.74, 6) is 0.0619. The van der Waals surface area contributed by atoms with E-state index in [-0.39, 0.29) is 5.78 Å². The number of carbonyl (C=O) groups excluding carboxylic acids is 1. The smallest absolute Gasteiger partial charge is 0.202 e. The number of benzene rings is 1. The zero-order chi connectivity index (χ0) is 12.1. The Morgan fingerprint density at radius 3 is 2.59 bits per heavy atom. The van der Waals surface area contributed by atoms with Gasteiger partial charge < -0.3 is 0 Å². The van der Waals surface area contributed by atoms with Crippen LogP contribution >= 0.6 is 11.3 Å². The molecule has 2 nitrogen and oxygen atoms in total. The molecule has 0 amide bonds. The van der Waals surface area contributed by atoms with Crippen molar-refractivity contribution in [3.8, 4) is 6.07 Å². The lowest BCUT2D eigenvalue weighted by Crippen LogP contribution is -1.98. The lowest BCUT2D eigenvalue weighted by Gasteiger charge is -2.00. The second-order valence-electron chi connectivity index (χ2n) is 3.66. The fourth-order valence-corrected chi connectivity index (χ4v) is 2.26. The second-order valence-corrected chi connectivity index (χ2v) is 4.61. The Labute approximate surface area is 104 Å². The van der Waals surface area contributed by atoms with Gasteiger partial charge in [0, 0.05) is 12.0 Å². The largest absolute Gasteiger partial charge is 0.288 e. The van der Waals surface area contributed by atoms with Crippen molar-refractivity contribution in [2.75, 3.05) is 0 Å². The van der Waals surface area contributed by atoms with Crippen molar-refractivity contribution in [1.29, 1.82) is 5.26 Å². The zero-order valence-corrected chi connectivity index (χ0v) is 10.0. The molecule has 2 aromatic rings. The number of ketones is 1. The van der Waals surface area contributed by atoms with E-state index in [0.29, 0.717) is 12.0 Å². The number of hydrogen-bond acceptors (Lipinski definition) is 3. The van der Waals surface area contributed by atoms with Gasteiger partial charge in [-0.05, 0) is 23.4 Å². The van der Waals surface area contributed by atoms with Gasteiger partial charge in [0.25, 0.3) is 0 Å². The molecular formula is C14H11NOS. The maximum atomic E-state index is 12.0. The minimum atomic E-state index is 0.0619. The summed E-state index contributed by atoms with van der Waals surface area (Å²) in [6, 6.07) is 13.3. The lowest BCUT2D eigenvalue weighted by atomic mass is 10.0. The first-order valence-electron chi connectivity index (χ1n) is 5.35. The molecule has 0 saturated heterocycles. The Kier molecular flexibility index (Phi) is 3.69. The molecule has 0 saturated carbocycles. The summed E-state index contributed by atoms with van der Waals surface area (Å²) >= 11 is 1.45. The predicted molar refractivity (Wildman–Crippen MR) is 68.1 cm³/mol. The van der Waals surface area contributed by atoms with Crippen molar-refractivity contribution >= 4 is 17.1 Å². The third-order valence-electron chi connectivity index (χ3n) is 2.49. The second kappa shape index (κ2) is 5.42. The van der Waals surface area contributed by atoms with Gasteiger partial charge in [-0.1, -0.05) is 30.3 Å². The zero-order valence-electron chi connectivity index (χ0n) is 9.22. The molecule has 0 atom stereocenters. The van der Waals surface area contributed by atoms with Crippen LogP contribution < -0.4 is 0 Å². The first kappa shape index (κ1) is 11.6.